The summed E-state index contributed by atoms with van der Waals surface area (Å²) in [5.74, 6) is -0.172. The highest BCUT2D eigenvalue weighted by atomic mass is 16.3. The zero-order valence-corrected chi connectivity index (χ0v) is 9.99. The number of rotatable bonds is 2. The van der Waals surface area contributed by atoms with Crippen molar-refractivity contribution in [1.29, 1.82) is 0 Å². The molecule has 4 N–H and O–H groups in total. The fourth-order valence-electron chi connectivity index (χ4n) is 2.42. The van der Waals surface area contributed by atoms with Crippen LogP contribution in [0.4, 0.5) is 5.69 Å². The van der Waals surface area contributed by atoms with Gasteiger partial charge in [0.25, 0.3) is 5.91 Å². The number of aliphatic hydroxyl groups excluding tert-OH is 2. The van der Waals surface area contributed by atoms with E-state index in [9.17, 15) is 15.0 Å². The number of nitrogens with zero attached hydrogens (tertiary/aromatic N) is 2. The van der Waals surface area contributed by atoms with Gasteiger partial charge in [-0.3, -0.25) is 4.79 Å². The van der Waals surface area contributed by atoms with Crippen molar-refractivity contribution < 1.29 is 15.0 Å². The van der Waals surface area contributed by atoms with Crippen LogP contribution >= 0.6 is 0 Å². The molecule has 1 amide bonds. The Morgan fingerprint density at radius 2 is 1.89 bits per heavy atom. The molecular weight excluding hydrogens is 234 g/mol. The van der Waals surface area contributed by atoms with Gasteiger partial charge >= 0.3 is 0 Å². The van der Waals surface area contributed by atoms with Gasteiger partial charge < -0.3 is 25.4 Å². The fraction of sp³-hybridized carbons (Fsp3) is 0.583. The summed E-state index contributed by atoms with van der Waals surface area (Å²) in [6, 6.07) is 2.04. The van der Waals surface area contributed by atoms with Crippen molar-refractivity contribution in [3.8, 4) is 0 Å². The normalized spacial score (nSPS) is 27.8. The molecular formula is C12H17N3O3. The van der Waals surface area contributed by atoms with Crippen LogP contribution in [0.15, 0.2) is 12.3 Å². The van der Waals surface area contributed by atoms with Crippen LogP contribution < -0.4 is 5.73 Å². The summed E-state index contributed by atoms with van der Waals surface area (Å²) in [6.45, 7) is 0.353. The first-order chi connectivity index (χ1) is 8.56. The molecule has 1 aliphatic heterocycles. The second-order valence-electron chi connectivity index (χ2n) is 5.14. The lowest BCUT2D eigenvalue weighted by Gasteiger charge is -2.16. The number of amides is 1. The number of β-amino-alcohol motifs (C(OH)–C–C–N with tert-alkyl or cyclic N) is 2. The largest absolute Gasteiger partial charge is 0.397 e. The Morgan fingerprint density at radius 3 is 2.44 bits per heavy atom. The number of nitrogens with two attached hydrogens (primary N) is 1. The number of hydrogen-bond donors (Lipinski definition) is 3. The Morgan fingerprint density at radius 1 is 1.28 bits per heavy atom. The van der Waals surface area contributed by atoms with Crippen LogP contribution in [-0.2, 0) is 0 Å². The second kappa shape index (κ2) is 4.00. The van der Waals surface area contributed by atoms with Crippen LogP contribution in [0, 0.1) is 0 Å². The van der Waals surface area contributed by atoms with Gasteiger partial charge in [-0.25, -0.2) is 0 Å². The summed E-state index contributed by atoms with van der Waals surface area (Å²) in [5.41, 5.74) is 6.87. The van der Waals surface area contributed by atoms with Gasteiger partial charge in [-0.15, -0.1) is 0 Å². The SMILES string of the molecule is Nc1cc(C(=O)N2CC(O)C(O)C2)n(C2CC2)c1. The second-order valence-corrected chi connectivity index (χ2v) is 5.14. The number of carbonyl (C=O) groups excluding carboxylic acids is 1. The molecule has 0 spiro atoms. The highest BCUT2D eigenvalue weighted by molar-refractivity contribution is 5.94. The lowest BCUT2D eigenvalue weighted by Crippen LogP contribution is -2.31. The Labute approximate surface area is 105 Å². The molecule has 0 bridgehead atoms. The van der Waals surface area contributed by atoms with Crippen LogP contribution in [0.3, 0.4) is 0 Å². The first kappa shape index (κ1) is 11.6. The van der Waals surface area contributed by atoms with Gasteiger partial charge in [0.2, 0.25) is 0 Å². The molecule has 3 rings (SSSR count). The molecule has 1 saturated heterocycles. The third kappa shape index (κ3) is 1.87. The molecule has 2 atom stereocenters. The summed E-state index contributed by atoms with van der Waals surface area (Å²) in [6.07, 6.45) is 2.22. The predicted molar refractivity (Wildman–Crippen MR) is 65.0 cm³/mol. The third-order valence-electron chi connectivity index (χ3n) is 3.58. The van der Waals surface area contributed by atoms with Crippen LogP contribution in [-0.4, -0.2) is 50.9 Å². The Balaban J connectivity index is 1.84. The average molecular weight is 251 g/mol. The Hall–Kier alpha value is -1.53. The molecule has 2 fully saturated rings. The van der Waals surface area contributed by atoms with Crippen molar-refractivity contribution in [1.82, 2.24) is 9.47 Å². The fourth-order valence-corrected chi connectivity index (χ4v) is 2.42. The lowest BCUT2D eigenvalue weighted by atomic mass is 10.3. The molecule has 0 aromatic carbocycles. The highest BCUT2D eigenvalue weighted by Gasteiger charge is 2.35. The predicted octanol–water partition coefficient (Wildman–Crippen LogP) is -0.417. The van der Waals surface area contributed by atoms with Gasteiger partial charge in [0.1, 0.15) is 5.69 Å². The van der Waals surface area contributed by atoms with E-state index in [2.05, 4.69) is 0 Å². The van der Waals surface area contributed by atoms with E-state index >= 15 is 0 Å². The molecule has 1 saturated carbocycles. The first-order valence-electron chi connectivity index (χ1n) is 6.19. The van der Waals surface area contributed by atoms with E-state index in [1.807, 2.05) is 4.57 Å². The van der Waals surface area contributed by atoms with Crippen LogP contribution in [0.5, 0.6) is 0 Å². The number of nitrogen functional groups attached to an aromatic ring is 1. The highest BCUT2D eigenvalue weighted by Crippen LogP contribution is 2.37. The summed E-state index contributed by atoms with van der Waals surface area (Å²) in [4.78, 5) is 13.8. The van der Waals surface area contributed by atoms with Gasteiger partial charge in [-0.05, 0) is 18.9 Å². The molecule has 6 heteroatoms. The van der Waals surface area contributed by atoms with Crippen molar-refractivity contribution in [2.45, 2.75) is 31.1 Å². The molecule has 2 heterocycles. The van der Waals surface area contributed by atoms with Crippen LogP contribution in [0.25, 0.3) is 0 Å². The van der Waals surface area contributed by atoms with Crippen molar-refractivity contribution in [3.05, 3.63) is 18.0 Å². The van der Waals surface area contributed by atoms with E-state index < -0.39 is 12.2 Å². The van der Waals surface area contributed by atoms with E-state index in [0.29, 0.717) is 17.4 Å². The number of aliphatic hydroxyl groups is 2. The summed E-state index contributed by atoms with van der Waals surface area (Å²) in [5, 5.41) is 19.0. The lowest BCUT2D eigenvalue weighted by molar-refractivity contribution is 0.0572. The minimum atomic E-state index is -0.851. The molecule has 18 heavy (non-hydrogen) atoms. The van der Waals surface area contributed by atoms with E-state index in [0.717, 1.165) is 12.8 Å². The summed E-state index contributed by atoms with van der Waals surface area (Å²) in [7, 11) is 0. The first-order valence-corrected chi connectivity index (χ1v) is 6.19. The molecule has 98 valence electrons. The minimum Gasteiger partial charge on any atom is -0.397 e. The standard InChI is InChI=1S/C12H17N3O3/c13-7-3-9(15(4-7)8-1-2-8)12(18)14-5-10(16)11(17)6-14/h3-4,8,10-11,16-17H,1-2,5-6,13H2. The van der Waals surface area contributed by atoms with Crippen LogP contribution in [0.2, 0.25) is 0 Å². The van der Waals surface area contributed by atoms with Gasteiger partial charge in [0, 0.05) is 25.3 Å². The number of anilines is 1. The molecule has 1 aliphatic carbocycles. The zero-order chi connectivity index (χ0) is 12.9. The van der Waals surface area contributed by atoms with Crippen molar-refractivity contribution in [2.75, 3.05) is 18.8 Å². The van der Waals surface area contributed by atoms with Crippen molar-refractivity contribution in [2.24, 2.45) is 0 Å². The quantitative estimate of drug-likeness (QED) is 0.666. The molecule has 2 unspecified atom stereocenters. The summed E-state index contributed by atoms with van der Waals surface area (Å²) >= 11 is 0. The molecule has 2 aliphatic rings. The van der Waals surface area contributed by atoms with E-state index in [1.165, 1.54) is 4.90 Å². The van der Waals surface area contributed by atoms with Gasteiger partial charge in [-0.2, -0.15) is 0 Å². The maximum absolute atomic E-state index is 12.3. The molecule has 1 aromatic heterocycles. The zero-order valence-electron chi connectivity index (χ0n) is 9.99. The van der Waals surface area contributed by atoms with Gasteiger partial charge in [-0.1, -0.05) is 0 Å². The maximum atomic E-state index is 12.3. The molecule has 6 nitrogen and oxygen atoms in total. The maximum Gasteiger partial charge on any atom is 0.270 e. The van der Waals surface area contributed by atoms with E-state index in [4.69, 9.17) is 5.73 Å². The topological polar surface area (TPSA) is 91.7 Å². The van der Waals surface area contributed by atoms with E-state index in [1.54, 1.807) is 12.3 Å². The summed E-state index contributed by atoms with van der Waals surface area (Å²) < 4.78 is 1.91. The molecule has 0 radical (unpaired) electrons. The van der Waals surface area contributed by atoms with Gasteiger partial charge in [0.05, 0.1) is 17.9 Å². The number of aromatic nitrogens is 1. The average Bonchev–Trinajstić information content (AvgIpc) is 3.02. The van der Waals surface area contributed by atoms with Crippen molar-refractivity contribution in [3.63, 3.8) is 0 Å². The van der Waals surface area contributed by atoms with Crippen molar-refractivity contribution >= 4 is 11.6 Å². The molecule has 1 aromatic rings. The van der Waals surface area contributed by atoms with Gasteiger partial charge in [0.15, 0.2) is 0 Å². The monoisotopic (exact) mass is 251 g/mol. The smallest absolute Gasteiger partial charge is 0.270 e. The number of hydrogen-bond acceptors (Lipinski definition) is 4. The minimum absolute atomic E-state index is 0.172. The number of carbonyl (C=O) groups is 1. The Kier molecular flexibility index (Phi) is 2.57. The van der Waals surface area contributed by atoms with Crippen LogP contribution in [0.1, 0.15) is 29.4 Å². The third-order valence-corrected chi connectivity index (χ3v) is 3.58. The van der Waals surface area contributed by atoms with E-state index in [-0.39, 0.29) is 19.0 Å². The Bertz CT molecular complexity index is 471. The number of likely N-dealkylation sites (tertiary alicyclic amines) is 1.